The van der Waals surface area contributed by atoms with Gasteiger partial charge in [0.05, 0.1) is 13.2 Å². The minimum absolute atomic E-state index is 0.0532. The number of ether oxygens (including phenoxy) is 2. The first kappa shape index (κ1) is 20.9. The van der Waals surface area contributed by atoms with Crippen LogP contribution in [-0.4, -0.2) is 55.8 Å². The molecule has 2 rings (SSSR count). The number of alkyl carbamates (subject to hydrolysis) is 1. The molecule has 0 bridgehead atoms. The van der Waals surface area contributed by atoms with Crippen molar-refractivity contribution in [2.24, 2.45) is 4.99 Å². The Bertz CT molecular complexity index is 682. The number of nitrogens with one attached hydrogen (secondary N) is 2. The molecule has 1 saturated heterocycles. The van der Waals surface area contributed by atoms with E-state index in [4.69, 9.17) is 9.47 Å². The summed E-state index contributed by atoms with van der Waals surface area (Å²) < 4.78 is 10.7. The highest BCUT2D eigenvalue weighted by molar-refractivity contribution is 5.80. The van der Waals surface area contributed by atoms with E-state index in [0.717, 1.165) is 35.8 Å². The Morgan fingerprint density at radius 3 is 2.70 bits per heavy atom. The topological polar surface area (TPSA) is 75.2 Å². The van der Waals surface area contributed by atoms with Gasteiger partial charge in [-0.3, -0.25) is 4.99 Å². The summed E-state index contributed by atoms with van der Waals surface area (Å²) in [5.41, 5.74) is 1.80. The molecule has 0 radical (unpaired) electrons. The maximum atomic E-state index is 12.0. The van der Waals surface area contributed by atoms with Gasteiger partial charge < -0.3 is 25.0 Å². The van der Waals surface area contributed by atoms with Gasteiger partial charge in [0.1, 0.15) is 11.4 Å². The predicted molar refractivity (Wildman–Crippen MR) is 107 cm³/mol. The lowest BCUT2D eigenvalue weighted by molar-refractivity contribution is 0.0507. The fraction of sp³-hybridized carbons (Fsp3) is 0.600. The second kappa shape index (κ2) is 8.97. The molecule has 7 nitrogen and oxygen atoms in total. The first-order chi connectivity index (χ1) is 12.7. The number of benzene rings is 1. The number of aliphatic imine (C=N–C) groups is 1. The summed E-state index contributed by atoms with van der Waals surface area (Å²) in [6.07, 6.45) is 0.488. The second-order valence-electron chi connectivity index (χ2n) is 7.84. The van der Waals surface area contributed by atoms with Gasteiger partial charge in [-0.25, -0.2) is 4.79 Å². The zero-order chi connectivity index (χ0) is 20.0. The molecule has 2 N–H and O–H groups in total. The van der Waals surface area contributed by atoms with E-state index in [-0.39, 0.29) is 12.1 Å². The normalized spacial score (nSPS) is 17.6. The van der Waals surface area contributed by atoms with Gasteiger partial charge in [0, 0.05) is 26.7 Å². The Hall–Kier alpha value is -2.44. The highest BCUT2D eigenvalue weighted by Gasteiger charge is 2.27. The monoisotopic (exact) mass is 376 g/mol. The van der Waals surface area contributed by atoms with Gasteiger partial charge in [0.25, 0.3) is 0 Å². The average Bonchev–Trinajstić information content (AvgIpc) is 3.01. The highest BCUT2D eigenvalue weighted by Crippen LogP contribution is 2.17. The number of nitrogens with zero attached hydrogens (tertiary/aromatic N) is 2. The van der Waals surface area contributed by atoms with E-state index < -0.39 is 5.60 Å². The molecular weight excluding hydrogens is 344 g/mol. The molecular formula is C20H32N4O3. The van der Waals surface area contributed by atoms with Crippen molar-refractivity contribution in [1.29, 1.82) is 0 Å². The first-order valence-electron chi connectivity index (χ1n) is 9.30. The SMILES string of the molecule is CN=C(NCc1cc(C)cc(OC)c1)N1CC[C@@H](NC(=O)OC(C)(C)C)C1. The lowest BCUT2D eigenvalue weighted by Gasteiger charge is -2.23. The third kappa shape index (κ3) is 6.66. The maximum absolute atomic E-state index is 12.0. The van der Waals surface area contributed by atoms with E-state index in [9.17, 15) is 4.79 Å². The van der Waals surface area contributed by atoms with Crippen molar-refractivity contribution in [2.75, 3.05) is 27.2 Å². The number of amides is 1. The molecule has 1 aliphatic rings. The van der Waals surface area contributed by atoms with E-state index in [1.54, 1.807) is 14.2 Å². The van der Waals surface area contributed by atoms with Crippen molar-refractivity contribution >= 4 is 12.1 Å². The van der Waals surface area contributed by atoms with Crippen LogP contribution in [0, 0.1) is 6.92 Å². The highest BCUT2D eigenvalue weighted by atomic mass is 16.6. The lowest BCUT2D eigenvalue weighted by atomic mass is 10.1. The standard InChI is InChI=1S/C20H32N4O3/c1-14-9-15(11-17(10-14)26-6)12-22-18(21-5)24-8-7-16(13-24)23-19(25)27-20(2,3)4/h9-11,16H,7-8,12-13H2,1-6H3,(H,21,22)(H,23,25)/t16-/m1/s1. The zero-order valence-corrected chi connectivity index (χ0v) is 17.3. The predicted octanol–water partition coefficient (Wildman–Crippen LogP) is 2.68. The molecule has 1 aromatic rings. The fourth-order valence-corrected chi connectivity index (χ4v) is 3.10. The third-order valence-corrected chi connectivity index (χ3v) is 4.22. The van der Waals surface area contributed by atoms with Crippen LogP contribution in [0.5, 0.6) is 5.75 Å². The molecule has 1 aliphatic heterocycles. The lowest BCUT2D eigenvalue weighted by Crippen LogP contribution is -2.44. The van der Waals surface area contributed by atoms with Crippen LogP contribution in [0.3, 0.4) is 0 Å². The van der Waals surface area contributed by atoms with Crippen molar-refractivity contribution in [3.05, 3.63) is 29.3 Å². The molecule has 0 aromatic heterocycles. The molecule has 0 saturated carbocycles. The van der Waals surface area contributed by atoms with Crippen molar-refractivity contribution < 1.29 is 14.3 Å². The Morgan fingerprint density at radius 2 is 2.07 bits per heavy atom. The summed E-state index contributed by atoms with van der Waals surface area (Å²) in [5.74, 6) is 1.67. The minimum atomic E-state index is -0.491. The summed E-state index contributed by atoms with van der Waals surface area (Å²) in [6.45, 7) is 9.83. The van der Waals surface area contributed by atoms with Gasteiger partial charge in [-0.1, -0.05) is 6.07 Å². The van der Waals surface area contributed by atoms with E-state index in [0.29, 0.717) is 13.1 Å². The van der Waals surface area contributed by atoms with Crippen LogP contribution in [0.2, 0.25) is 0 Å². The van der Waals surface area contributed by atoms with E-state index >= 15 is 0 Å². The van der Waals surface area contributed by atoms with Gasteiger partial charge in [-0.2, -0.15) is 0 Å². The van der Waals surface area contributed by atoms with E-state index in [2.05, 4.69) is 26.6 Å². The zero-order valence-electron chi connectivity index (χ0n) is 17.3. The van der Waals surface area contributed by atoms with Gasteiger partial charge in [0.2, 0.25) is 0 Å². The molecule has 1 fully saturated rings. The van der Waals surface area contributed by atoms with Crippen LogP contribution in [0.1, 0.15) is 38.3 Å². The van der Waals surface area contributed by atoms with Crippen molar-refractivity contribution in [1.82, 2.24) is 15.5 Å². The van der Waals surface area contributed by atoms with Gasteiger partial charge in [-0.15, -0.1) is 0 Å². The van der Waals surface area contributed by atoms with Gasteiger partial charge in [-0.05, 0) is 57.4 Å². The second-order valence-corrected chi connectivity index (χ2v) is 7.84. The Kier molecular flexibility index (Phi) is 6.93. The summed E-state index contributed by atoms with van der Waals surface area (Å²) in [6, 6.07) is 6.20. The summed E-state index contributed by atoms with van der Waals surface area (Å²) in [5, 5.41) is 6.33. The summed E-state index contributed by atoms with van der Waals surface area (Å²) >= 11 is 0. The third-order valence-electron chi connectivity index (χ3n) is 4.22. The maximum Gasteiger partial charge on any atom is 0.407 e. The smallest absolute Gasteiger partial charge is 0.407 e. The number of carbonyl (C=O) groups excluding carboxylic acids is 1. The number of carbonyl (C=O) groups is 1. The Balaban J connectivity index is 1.88. The number of rotatable bonds is 4. The van der Waals surface area contributed by atoms with Crippen molar-refractivity contribution in [2.45, 2.75) is 52.3 Å². The Labute approximate surface area is 162 Å². The van der Waals surface area contributed by atoms with Crippen LogP contribution >= 0.6 is 0 Å². The number of likely N-dealkylation sites (tertiary alicyclic amines) is 1. The summed E-state index contributed by atoms with van der Waals surface area (Å²) in [7, 11) is 3.45. The number of hydrogen-bond acceptors (Lipinski definition) is 4. The van der Waals surface area contributed by atoms with Crippen molar-refractivity contribution in [3.63, 3.8) is 0 Å². The molecule has 150 valence electrons. The molecule has 0 spiro atoms. The quantitative estimate of drug-likeness (QED) is 0.624. The van der Waals surface area contributed by atoms with Crippen LogP contribution < -0.4 is 15.4 Å². The molecule has 27 heavy (non-hydrogen) atoms. The minimum Gasteiger partial charge on any atom is -0.497 e. The molecule has 1 aromatic carbocycles. The van der Waals surface area contributed by atoms with Gasteiger partial charge >= 0.3 is 6.09 Å². The largest absolute Gasteiger partial charge is 0.497 e. The molecule has 0 aliphatic carbocycles. The van der Waals surface area contributed by atoms with Crippen LogP contribution in [0.15, 0.2) is 23.2 Å². The fourth-order valence-electron chi connectivity index (χ4n) is 3.10. The van der Waals surface area contributed by atoms with Crippen LogP contribution in [0.25, 0.3) is 0 Å². The number of methoxy groups -OCH3 is 1. The Morgan fingerprint density at radius 1 is 1.33 bits per heavy atom. The van der Waals surface area contributed by atoms with E-state index in [1.165, 1.54) is 0 Å². The van der Waals surface area contributed by atoms with Crippen molar-refractivity contribution in [3.8, 4) is 5.75 Å². The van der Waals surface area contributed by atoms with E-state index in [1.807, 2.05) is 39.8 Å². The van der Waals surface area contributed by atoms with Crippen LogP contribution in [0.4, 0.5) is 4.79 Å². The molecule has 1 heterocycles. The summed E-state index contributed by atoms with van der Waals surface area (Å²) in [4.78, 5) is 18.5. The van der Waals surface area contributed by atoms with Gasteiger partial charge in [0.15, 0.2) is 5.96 Å². The number of guanidine groups is 1. The number of hydrogen-bond donors (Lipinski definition) is 2. The number of aryl methyl sites for hydroxylation is 1. The molecule has 1 amide bonds. The molecule has 1 atom stereocenters. The van der Waals surface area contributed by atoms with Crippen LogP contribution in [-0.2, 0) is 11.3 Å². The molecule has 0 unspecified atom stereocenters. The first-order valence-corrected chi connectivity index (χ1v) is 9.30. The molecule has 7 heteroatoms. The average molecular weight is 377 g/mol.